The highest BCUT2D eigenvalue weighted by molar-refractivity contribution is 14.1. The topological polar surface area (TPSA) is 38.5 Å². The highest BCUT2D eigenvalue weighted by Gasteiger charge is 2.05. The molecule has 0 aromatic heterocycles. The first kappa shape index (κ1) is 13.6. The fourth-order valence-corrected chi connectivity index (χ4v) is 1.93. The molecule has 0 bridgehead atoms. The van der Waals surface area contributed by atoms with Crippen molar-refractivity contribution in [1.29, 1.82) is 0 Å². The van der Waals surface area contributed by atoms with Gasteiger partial charge in [-0.05, 0) is 54.6 Å². The smallest absolute Gasteiger partial charge is 0.0644 e. The monoisotopic (exact) mass is 334 g/mol. The van der Waals surface area contributed by atoms with Gasteiger partial charge >= 0.3 is 0 Å². The van der Waals surface area contributed by atoms with Crippen LogP contribution in [0.3, 0.4) is 0 Å². The van der Waals surface area contributed by atoms with E-state index in [9.17, 15) is 0 Å². The summed E-state index contributed by atoms with van der Waals surface area (Å²) in [6.07, 6.45) is 0.280. The zero-order valence-electron chi connectivity index (χ0n) is 10.0. The molecule has 0 spiro atoms. The van der Waals surface area contributed by atoms with E-state index < -0.39 is 0 Å². The molecule has 0 fully saturated rings. The second-order valence-corrected chi connectivity index (χ2v) is 5.29. The third-order valence-corrected chi connectivity index (χ3v) is 2.95. The van der Waals surface area contributed by atoms with Crippen LogP contribution >= 0.6 is 22.6 Å². The lowest BCUT2D eigenvalue weighted by Gasteiger charge is -2.21. The van der Waals surface area contributed by atoms with Crippen molar-refractivity contribution in [2.45, 2.75) is 20.0 Å². The van der Waals surface area contributed by atoms with Crippen LogP contribution in [0.5, 0.6) is 0 Å². The van der Waals surface area contributed by atoms with E-state index >= 15 is 0 Å². The molecule has 1 aromatic rings. The number of benzene rings is 1. The minimum absolute atomic E-state index is 0.280. The minimum Gasteiger partial charge on any atom is -0.397 e. The number of hydrogen-bond donors (Lipinski definition) is 1. The van der Waals surface area contributed by atoms with E-state index in [2.05, 4.69) is 33.6 Å². The molecule has 0 saturated heterocycles. The van der Waals surface area contributed by atoms with E-state index in [0.717, 1.165) is 28.1 Å². The number of nitrogens with two attached hydrogens (primary N) is 1. The van der Waals surface area contributed by atoms with Gasteiger partial charge < -0.3 is 15.4 Å². The van der Waals surface area contributed by atoms with Gasteiger partial charge in [0.05, 0.1) is 24.1 Å². The number of halogens is 1. The molecule has 0 aliphatic carbocycles. The Labute approximate surface area is 111 Å². The van der Waals surface area contributed by atoms with Crippen molar-refractivity contribution < 1.29 is 4.74 Å². The molecule has 2 N–H and O–H groups in total. The van der Waals surface area contributed by atoms with Crippen molar-refractivity contribution in [1.82, 2.24) is 0 Å². The van der Waals surface area contributed by atoms with Crippen LogP contribution in [0.15, 0.2) is 18.2 Å². The van der Waals surface area contributed by atoms with Gasteiger partial charge in [-0.2, -0.15) is 0 Å². The summed E-state index contributed by atoms with van der Waals surface area (Å²) < 4.78 is 6.67. The van der Waals surface area contributed by atoms with Gasteiger partial charge in [0.2, 0.25) is 0 Å². The predicted molar refractivity (Wildman–Crippen MR) is 77.9 cm³/mol. The summed E-state index contributed by atoms with van der Waals surface area (Å²) in [4.78, 5) is 2.12. The molecule has 90 valence electrons. The van der Waals surface area contributed by atoms with Crippen molar-refractivity contribution in [3.63, 3.8) is 0 Å². The Bertz CT molecular complexity index is 342. The summed E-state index contributed by atoms with van der Waals surface area (Å²) in [6, 6.07) is 6.09. The summed E-state index contributed by atoms with van der Waals surface area (Å²) in [6.45, 7) is 5.65. The molecule has 0 unspecified atom stereocenters. The van der Waals surface area contributed by atoms with Gasteiger partial charge in [-0.15, -0.1) is 0 Å². The van der Waals surface area contributed by atoms with E-state index in [4.69, 9.17) is 10.5 Å². The van der Waals surface area contributed by atoms with Crippen molar-refractivity contribution in [2.24, 2.45) is 0 Å². The number of nitrogen functional groups attached to an aromatic ring is 1. The molecule has 0 radical (unpaired) electrons. The van der Waals surface area contributed by atoms with E-state index in [0.29, 0.717) is 0 Å². The first-order chi connectivity index (χ1) is 7.50. The number of rotatable bonds is 5. The van der Waals surface area contributed by atoms with Gasteiger partial charge in [-0.1, -0.05) is 0 Å². The lowest BCUT2D eigenvalue weighted by Crippen LogP contribution is -2.24. The summed E-state index contributed by atoms with van der Waals surface area (Å²) >= 11 is 2.26. The largest absolute Gasteiger partial charge is 0.397 e. The Morgan fingerprint density at radius 2 is 2.12 bits per heavy atom. The Hall–Kier alpha value is -0.490. The molecule has 0 atom stereocenters. The zero-order chi connectivity index (χ0) is 12.1. The minimum atomic E-state index is 0.280. The van der Waals surface area contributed by atoms with Crippen molar-refractivity contribution in [3.8, 4) is 0 Å². The van der Waals surface area contributed by atoms with Gasteiger partial charge in [0, 0.05) is 17.2 Å². The second-order valence-electron chi connectivity index (χ2n) is 4.04. The van der Waals surface area contributed by atoms with Gasteiger partial charge in [0.25, 0.3) is 0 Å². The van der Waals surface area contributed by atoms with Crippen LogP contribution in [0.2, 0.25) is 0 Å². The first-order valence-electron chi connectivity index (χ1n) is 5.38. The maximum Gasteiger partial charge on any atom is 0.0644 e. The molecule has 4 heteroatoms. The van der Waals surface area contributed by atoms with Crippen LogP contribution in [0, 0.1) is 3.57 Å². The SMILES string of the molecule is CC(C)OCCN(C)c1ccc(I)cc1N. The standard InChI is InChI=1S/C12H19IN2O/c1-9(2)16-7-6-15(3)12-5-4-10(13)8-11(12)14/h4-5,8-9H,6-7,14H2,1-3H3. The van der Waals surface area contributed by atoms with Crippen LogP contribution in [0.1, 0.15) is 13.8 Å². The summed E-state index contributed by atoms with van der Waals surface area (Å²) in [7, 11) is 2.03. The van der Waals surface area contributed by atoms with Crippen molar-refractivity contribution in [2.75, 3.05) is 30.8 Å². The Morgan fingerprint density at radius 3 is 2.69 bits per heavy atom. The van der Waals surface area contributed by atoms with Crippen LogP contribution in [-0.2, 0) is 4.74 Å². The Balaban J connectivity index is 2.55. The molecule has 0 heterocycles. The Morgan fingerprint density at radius 1 is 1.44 bits per heavy atom. The molecule has 0 saturated carbocycles. The highest BCUT2D eigenvalue weighted by Crippen LogP contribution is 2.23. The molecular formula is C12H19IN2O. The van der Waals surface area contributed by atoms with Crippen molar-refractivity contribution >= 4 is 34.0 Å². The molecule has 1 aromatic carbocycles. The third kappa shape index (κ3) is 4.17. The molecule has 0 aliphatic rings. The molecule has 0 aliphatic heterocycles. The summed E-state index contributed by atoms with van der Waals surface area (Å²) in [5.74, 6) is 0. The Kier molecular flexibility index (Phi) is 5.34. The van der Waals surface area contributed by atoms with E-state index in [1.807, 2.05) is 33.0 Å². The maximum absolute atomic E-state index is 5.97. The summed E-state index contributed by atoms with van der Waals surface area (Å²) in [5, 5.41) is 0. The lowest BCUT2D eigenvalue weighted by atomic mass is 10.2. The summed E-state index contributed by atoms with van der Waals surface area (Å²) in [5.41, 5.74) is 7.85. The highest BCUT2D eigenvalue weighted by atomic mass is 127. The lowest BCUT2D eigenvalue weighted by molar-refractivity contribution is 0.0846. The van der Waals surface area contributed by atoms with Gasteiger partial charge in [0.15, 0.2) is 0 Å². The van der Waals surface area contributed by atoms with Crippen LogP contribution in [-0.4, -0.2) is 26.3 Å². The second kappa shape index (κ2) is 6.30. The number of anilines is 2. The quantitative estimate of drug-likeness (QED) is 0.665. The van der Waals surface area contributed by atoms with Crippen molar-refractivity contribution in [3.05, 3.63) is 21.8 Å². The molecule has 0 amide bonds. The third-order valence-electron chi connectivity index (χ3n) is 2.28. The number of likely N-dealkylation sites (N-methyl/N-ethyl adjacent to an activating group) is 1. The predicted octanol–water partition coefficient (Wildman–Crippen LogP) is 2.73. The zero-order valence-corrected chi connectivity index (χ0v) is 12.2. The van der Waals surface area contributed by atoms with Crippen LogP contribution < -0.4 is 10.6 Å². The van der Waals surface area contributed by atoms with E-state index in [1.165, 1.54) is 0 Å². The van der Waals surface area contributed by atoms with E-state index in [-0.39, 0.29) is 6.10 Å². The average molecular weight is 334 g/mol. The van der Waals surface area contributed by atoms with Gasteiger partial charge in [-0.3, -0.25) is 0 Å². The fraction of sp³-hybridized carbons (Fsp3) is 0.500. The molecular weight excluding hydrogens is 315 g/mol. The molecule has 16 heavy (non-hydrogen) atoms. The molecule has 1 rings (SSSR count). The number of nitrogens with zero attached hydrogens (tertiary/aromatic N) is 1. The van der Waals surface area contributed by atoms with Crippen LogP contribution in [0.25, 0.3) is 0 Å². The van der Waals surface area contributed by atoms with Gasteiger partial charge in [-0.25, -0.2) is 0 Å². The first-order valence-corrected chi connectivity index (χ1v) is 6.46. The number of ether oxygens (including phenoxy) is 1. The maximum atomic E-state index is 5.97. The van der Waals surface area contributed by atoms with Crippen LogP contribution in [0.4, 0.5) is 11.4 Å². The number of hydrogen-bond acceptors (Lipinski definition) is 3. The van der Waals surface area contributed by atoms with Gasteiger partial charge in [0.1, 0.15) is 0 Å². The normalized spacial score (nSPS) is 10.8. The molecule has 3 nitrogen and oxygen atoms in total. The van der Waals surface area contributed by atoms with E-state index in [1.54, 1.807) is 0 Å². The fourth-order valence-electron chi connectivity index (χ4n) is 1.42. The average Bonchev–Trinajstić information content (AvgIpc) is 2.16.